The van der Waals surface area contributed by atoms with Crippen molar-refractivity contribution in [2.75, 3.05) is 0 Å². The van der Waals surface area contributed by atoms with Gasteiger partial charge < -0.3 is 0 Å². The van der Waals surface area contributed by atoms with E-state index in [4.69, 9.17) is 0 Å². The van der Waals surface area contributed by atoms with E-state index in [9.17, 15) is 19.2 Å². The molecule has 0 aliphatic carbocycles. The minimum absolute atomic E-state index is 0.00758. The number of hydrogen-bond donors (Lipinski definition) is 0. The van der Waals surface area contributed by atoms with Crippen molar-refractivity contribution in [3.63, 3.8) is 0 Å². The van der Waals surface area contributed by atoms with Gasteiger partial charge in [-0.1, -0.05) is 0 Å². The van der Waals surface area contributed by atoms with Crippen molar-refractivity contribution in [1.82, 2.24) is 29.1 Å². The first-order chi connectivity index (χ1) is 13.6. The highest BCUT2D eigenvalue weighted by Crippen LogP contribution is 2.15. The van der Waals surface area contributed by atoms with E-state index in [0.717, 1.165) is 9.13 Å². The molecule has 28 heavy (non-hydrogen) atoms. The molecule has 0 fully saturated rings. The standard InChI is InChI=1S/C18H8N6O4/c25-13-9-7-11-12(16(28)24(15(11)27)18-21-5-2-6-22-18)8-10(9)14(26)23(13)17-19-3-1-4-20-17/h1-8H. The molecular formula is C18H8N6O4. The highest BCUT2D eigenvalue weighted by Gasteiger charge is 2.22. The fourth-order valence-corrected chi connectivity index (χ4v) is 3.15. The number of rotatable bonds is 2. The molecule has 5 rings (SSSR count). The van der Waals surface area contributed by atoms with Crippen LogP contribution in [0.3, 0.4) is 0 Å². The summed E-state index contributed by atoms with van der Waals surface area (Å²) in [7, 11) is 0. The summed E-state index contributed by atoms with van der Waals surface area (Å²) in [5.41, 5.74) is -2.65. The second-order valence-corrected chi connectivity index (χ2v) is 5.93. The van der Waals surface area contributed by atoms with Gasteiger partial charge in [0.05, 0.1) is 21.5 Å². The van der Waals surface area contributed by atoms with Gasteiger partial charge in [-0.15, -0.1) is 0 Å². The van der Waals surface area contributed by atoms with E-state index in [1.54, 1.807) is 12.1 Å². The maximum Gasteiger partial charge on any atom is 0.268 e. The lowest BCUT2D eigenvalue weighted by Crippen LogP contribution is -2.26. The molecule has 0 unspecified atom stereocenters. The zero-order chi connectivity index (χ0) is 19.4. The van der Waals surface area contributed by atoms with Crippen molar-refractivity contribution in [3.8, 4) is 11.9 Å². The molecule has 0 spiro atoms. The Labute approximate surface area is 153 Å². The Bertz CT molecular complexity index is 1380. The molecule has 0 radical (unpaired) electrons. The maximum atomic E-state index is 12.7. The Balaban J connectivity index is 1.89. The van der Waals surface area contributed by atoms with E-state index in [1.807, 2.05) is 0 Å². The van der Waals surface area contributed by atoms with Crippen LogP contribution in [0.2, 0.25) is 0 Å². The largest absolute Gasteiger partial charge is 0.268 e. The number of aromatic nitrogens is 6. The number of fused-ring (bicyclic) bond motifs is 2. The van der Waals surface area contributed by atoms with Gasteiger partial charge in [0.15, 0.2) is 0 Å². The molecule has 0 atom stereocenters. The summed E-state index contributed by atoms with van der Waals surface area (Å²) in [5, 5.41) is 0.0303. The third-order valence-corrected chi connectivity index (χ3v) is 4.40. The molecule has 10 heteroatoms. The third kappa shape index (κ3) is 2.02. The van der Waals surface area contributed by atoms with Crippen molar-refractivity contribution in [3.05, 3.63) is 90.5 Å². The SMILES string of the molecule is O=c1c2cc3c(=O)n(-c4ncccn4)c(=O)c3cc2c(=O)n1-c1ncccn1. The third-order valence-electron chi connectivity index (χ3n) is 4.40. The topological polar surface area (TPSA) is 130 Å². The second-order valence-electron chi connectivity index (χ2n) is 5.93. The van der Waals surface area contributed by atoms with Crippen molar-refractivity contribution >= 4 is 21.5 Å². The van der Waals surface area contributed by atoms with E-state index < -0.39 is 22.2 Å². The fourth-order valence-electron chi connectivity index (χ4n) is 3.15. The molecule has 0 bridgehead atoms. The average molecular weight is 372 g/mol. The molecule has 0 aliphatic heterocycles. The van der Waals surface area contributed by atoms with Crippen molar-refractivity contribution in [2.24, 2.45) is 0 Å². The summed E-state index contributed by atoms with van der Waals surface area (Å²) in [6.45, 7) is 0. The molecule has 4 aromatic heterocycles. The van der Waals surface area contributed by atoms with Gasteiger partial charge in [-0.05, 0) is 24.3 Å². The lowest BCUT2D eigenvalue weighted by atomic mass is 10.1. The quantitative estimate of drug-likeness (QED) is 0.404. The molecule has 0 N–H and O–H groups in total. The van der Waals surface area contributed by atoms with Gasteiger partial charge in [-0.3, -0.25) is 19.2 Å². The van der Waals surface area contributed by atoms with Crippen LogP contribution in [0, 0.1) is 0 Å². The Morgan fingerprint density at radius 2 is 0.786 bits per heavy atom. The molecule has 0 saturated heterocycles. The summed E-state index contributed by atoms with van der Waals surface area (Å²) >= 11 is 0. The first-order valence-corrected chi connectivity index (χ1v) is 8.07. The first-order valence-electron chi connectivity index (χ1n) is 8.07. The minimum atomic E-state index is -0.663. The Kier molecular flexibility index (Phi) is 3.16. The molecule has 10 nitrogen and oxygen atoms in total. The summed E-state index contributed by atoms with van der Waals surface area (Å²) in [6.07, 6.45) is 5.60. The van der Waals surface area contributed by atoms with Gasteiger partial charge in [0.25, 0.3) is 22.2 Å². The molecule has 0 aliphatic rings. The van der Waals surface area contributed by atoms with Crippen LogP contribution in [-0.4, -0.2) is 29.1 Å². The Morgan fingerprint density at radius 3 is 1.07 bits per heavy atom. The Morgan fingerprint density at radius 1 is 0.500 bits per heavy atom. The van der Waals surface area contributed by atoms with Crippen LogP contribution in [0.5, 0.6) is 0 Å². The smallest absolute Gasteiger partial charge is 0.268 e. The van der Waals surface area contributed by atoms with E-state index in [1.165, 1.54) is 36.9 Å². The highest BCUT2D eigenvalue weighted by molar-refractivity contribution is 5.98. The second kappa shape index (κ2) is 5.58. The summed E-state index contributed by atoms with van der Waals surface area (Å²) < 4.78 is 1.62. The predicted molar refractivity (Wildman–Crippen MR) is 98.7 cm³/mol. The van der Waals surface area contributed by atoms with E-state index >= 15 is 0 Å². The average Bonchev–Trinajstić information content (AvgIpc) is 3.12. The van der Waals surface area contributed by atoms with Gasteiger partial charge in [0, 0.05) is 24.8 Å². The van der Waals surface area contributed by atoms with Crippen LogP contribution in [0.15, 0.2) is 68.2 Å². The van der Waals surface area contributed by atoms with E-state index in [-0.39, 0.29) is 33.4 Å². The van der Waals surface area contributed by atoms with Crippen LogP contribution >= 0.6 is 0 Å². The van der Waals surface area contributed by atoms with Gasteiger partial charge in [0.1, 0.15) is 0 Å². The van der Waals surface area contributed by atoms with Gasteiger partial charge >= 0.3 is 0 Å². The zero-order valence-corrected chi connectivity index (χ0v) is 13.9. The summed E-state index contributed by atoms with van der Waals surface area (Å²) in [6, 6.07) is 5.59. The molecule has 4 heterocycles. The maximum absolute atomic E-state index is 12.7. The lowest BCUT2D eigenvalue weighted by molar-refractivity contribution is 0.882. The van der Waals surface area contributed by atoms with Crippen molar-refractivity contribution in [1.29, 1.82) is 0 Å². The molecule has 134 valence electrons. The number of nitrogens with zero attached hydrogens (tertiary/aromatic N) is 6. The first kappa shape index (κ1) is 15.9. The van der Waals surface area contributed by atoms with E-state index in [2.05, 4.69) is 19.9 Å². The zero-order valence-electron chi connectivity index (χ0n) is 13.9. The molecule has 5 aromatic rings. The fraction of sp³-hybridized carbons (Fsp3) is 0. The summed E-state index contributed by atoms with van der Waals surface area (Å²) in [4.78, 5) is 66.6. The minimum Gasteiger partial charge on any atom is -0.268 e. The van der Waals surface area contributed by atoms with Crippen molar-refractivity contribution in [2.45, 2.75) is 0 Å². The van der Waals surface area contributed by atoms with Crippen LogP contribution in [0.4, 0.5) is 0 Å². The molecule has 1 aromatic carbocycles. The van der Waals surface area contributed by atoms with Crippen LogP contribution in [0.25, 0.3) is 33.4 Å². The van der Waals surface area contributed by atoms with E-state index in [0.29, 0.717) is 0 Å². The number of benzene rings is 1. The lowest BCUT2D eigenvalue weighted by Gasteiger charge is -1.95. The summed E-state index contributed by atoms with van der Waals surface area (Å²) in [5.74, 6) is -0.156. The molecule has 0 saturated carbocycles. The van der Waals surface area contributed by atoms with Gasteiger partial charge in [-0.2, -0.15) is 0 Å². The van der Waals surface area contributed by atoms with Gasteiger partial charge in [0.2, 0.25) is 11.9 Å². The molecule has 0 amide bonds. The van der Waals surface area contributed by atoms with Crippen LogP contribution in [0.1, 0.15) is 0 Å². The number of hydrogen-bond acceptors (Lipinski definition) is 8. The Hall–Kier alpha value is -4.34. The highest BCUT2D eigenvalue weighted by atomic mass is 16.2. The van der Waals surface area contributed by atoms with Crippen LogP contribution in [-0.2, 0) is 0 Å². The van der Waals surface area contributed by atoms with Crippen LogP contribution < -0.4 is 22.2 Å². The van der Waals surface area contributed by atoms with Gasteiger partial charge in [-0.25, -0.2) is 29.1 Å². The molecular weight excluding hydrogens is 364 g/mol. The normalized spacial score (nSPS) is 11.4. The monoisotopic (exact) mass is 372 g/mol. The predicted octanol–water partition coefficient (Wildman–Crippen LogP) is -0.529. The van der Waals surface area contributed by atoms with Crippen molar-refractivity contribution < 1.29 is 0 Å².